The Hall–Kier alpha value is -7.37. The Kier molecular flexibility index (Phi) is 7.01. The van der Waals surface area contributed by atoms with E-state index in [-0.39, 0.29) is 0 Å². The van der Waals surface area contributed by atoms with E-state index in [1.54, 1.807) is 18.8 Å². The molecule has 0 amide bonds. The fourth-order valence-corrected chi connectivity index (χ4v) is 8.91. The third-order valence-corrected chi connectivity index (χ3v) is 11.2. The molecule has 3 heterocycles. The van der Waals surface area contributed by atoms with Crippen molar-refractivity contribution in [2.24, 2.45) is 0 Å². The van der Waals surface area contributed by atoms with Crippen LogP contribution in [-0.2, 0) is 5.41 Å². The molecule has 0 unspecified atom stereocenters. The van der Waals surface area contributed by atoms with Gasteiger partial charge in [0.15, 0.2) is 12.2 Å². The van der Waals surface area contributed by atoms with Crippen molar-refractivity contribution in [3.8, 4) is 28.1 Å². The Balaban J connectivity index is 1.17. The summed E-state index contributed by atoms with van der Waals surface area (Å²) in [4.78, 5) is 6.91. The van der Waals surface area contributed by atoms with E-state index in [9.17, 15) is 0 Å². The third-order valence-electron chi connectivity index (χ3n) is 11.2. The van der Waals surface area contributed by atoms with E-state index in [0.29, 0.717) is 0 Å². The molecule has 5 nitrogen and oxygen atoms in total. The predicted octanol–water partition coefficient (Wildman–Crippen LogP) is 12.9. The molecule has 10 aromatic rings. The maximum absolute atomic E-state index is 5.44. The first-order valence-electron chi connectivity index (χ1n) is 18.5. The molecule has 5 heteroatoms. The molecule has 0 fully saturated rings. The Morgan fingerprint density at radius 3 is 1.87 bits per heavy atom. The molecule has 0 saturated heterocycles. The summed E-state index contributed by atoms with van der Waals surface area (Å²) in [5.74, 6) is 0.752. The van der Waals surface area contributed by atoms with E-state index in [2.05, 4.69) is 184 Å². The SMILES string of the molecule is c1ccc(C2(c3ccccc3)c3ccccc3-c3ccc(N(c4ccc(-c5ccoc5)cc4)c4ccc5c(c4)c4ccccc4n5-c4cocn4)cc32)cc1. The second kappa shape index (κ2) is 12.4. The number of hydrogen-bond donors (Lipinski definition) is 0. The second-order valence-electron chi connectivity index (χ2n) is 14.1. The minimum atomic E-state index is -0.518. The molecule has 7 aromatic carbocycles. The molecule has 1 aliphatic rings. The first-order valence-corrected chi connectivity index (χ1v) is 18.5. The van der Waals surface area contributed by atoms with Gasteiger partial charge in [-0.25, -0.2) is 0 Å². The molecule has 1 aliphatic carbocycles. The molecule has 0 aliphatic heterocycles. The lowest BCUT2D eigenvalue weighted by Gasteiger charge is -2.35. The van der Waals surface area contributed by atoms with Gasteiger partial charge < -0.3 is 13.7 Å². The predicted molar refractivity (Wildman–Crippen MR) is 221 cm³/mol. The molecule has 0 atom stereocenters. The van der Waals surface area contributed by atoms with Crippen LogP contribution in [0.2, 0.25) is 0 Å². The number of oxazole rings is 1. The van der Waals surface area contributed by atoms with Gasteiger partial charge in [0.05, 0.1) is 29.0 Å². The Morgan fingerprint density at radius 1 is 0.473 bits per heavy atom. The Morgan fingerprint density at radius 2 is 1.13 bits per heavy atom. The number of furan rings is 1. The number of benzene rings is 7. The van der Waals surface area contributed by atoms with Gasteiger partial charge in [0.2, 0.25) is 0 Å². The van der Waals surface area contributed by atoms with Gasteiger partial charge in [-0.15, -0.1) is 0 Å². The smallest absolute Gasteiger partial charge is 0.182 e. The van der Waals surface area contributed by atoms with Crippen LogP contribution in [0.4, 0.5) is 17.1 Å². The number of nitrogens with zero attached hydrogens (tertiary/aromatic N) is 3. The van der Waals surface area contributed by atoms with Crippen LogP contribution in [0, 0.1) is 0 Å². The minimum absolute atomic E-state index is 0.518. The fourth-order valence-electron chi connectivity index (χ4n) is 8.91. The van der Waals surface area contributed by atoms with Gasteiger partial charge >= 0.3 is 0 Å². The van der Waals surface area contributed by atoms with E-state index < -0.39 is 5.41 Å². The fraction of sp³-hybridized carbons (Fsp3) is 0.0200. The quantitative estimate of drug-likeness (QED) is 0.165. The van der Waals surface area contributed by atoms with Gasteiger partial charge in [0.1, 0.15) is 6.26 Å². The van der Waals surface area contributed by atoms with Crippen molar-refractivity contribution < 1.29 is 8.83 Å². The zero-order valence-corrected chi connectivity index (χ0v) is 29.7. The van der Waals surface area contributed by atoms with Gasteiger partial charge in [-0.3, -0.25) is 4.57 Å². The van der Waals surface area contributed by atoms with Crippen molar-refractivity contribution in [2.45, 2.75) is 5.41 Å². The molecule has 0 spiro atoms. The summed E-state index contributed by atoms with van der Waals surface area (Å²) in [6, 6.07) is 63.8. The van der Waals surface area contributed by atoms with Crippen LogP contribution in [0.15, 0.2) is 210 Å². The molecule has 0 N–H and O–H groups in total. The normalized spacial score (nSPS) is 12.9. The number of rotatable bonds is 7. The number of aromatic nitrogens is 2. The molecule has 3 aromatic heterocycles. The van der Waals surface area contributed by atoms with Gasteiger partial charge in [0.25, 0.3) is 0 Å². The average Bonchev–Trinajstić information content (AvgIpc) is 4.08. The minimum Gasteiger partial charge on any atom is -0.472 e. The van der Waals surface area contributed by atoms with Crippen LogP contribution in [0.25, 0.3) is 49.9 Å². The highest BCUT2D eigenvalue weighted by Crippen LogP contribution is 2.57. The first-order chi connectivity index (χ1) is 27.3. The van der Waals surface area contributed by atoms with E-state index in [1.165, 1.54) is 39.8 Å². The topological polar surface area (TPSA) is 47.3 Å². The summed E-state index contributed by atoms with van der Waals surface area (Å²) in [5, 5.41) is 2.28. The summed E-state index contributed by atoms with van der Waals surface area (Å²) in [6.45, 7) is 0. The van der Waals surface area contributed by atoms with Gasteiger partial charge in [0, 0.05) is 33.4 Å². The lowest BCUT2D eigenvalue weighted by molar-refractivity contribution is 0.557. The monoisotopic (exact) mass is 707 g/mol. The summed E-state index contributed by atoms with van der Waals surface area (Å²) in [7, 11) is 0. The largest absolute Gasteiger partial charge is 0.472 e. The Labute approximate surface area is 318 Å². The Bertz CT molecular complexity index is 2930. The first kappa shape index (κ1) is 31.2. The molecule has 11 rings (SSSR count). The van der Waals surface area contributed by atoms with E-state index in [1.807, 2.05) is 6.07 Å². The number of anilines is 3. The highest BCUT2D eigenvalue weighted by atomic mass is 16.3. The van der Waals surface area contributed by atoms with Crippen molar-refractivity contribution in [2.75, 3.05) is 4.90 Å². The highest BCUT2D eigenvalue weighted by Gasteiger charge is 2.46. The van der Waals surface area contributed by atoms with E-state index in [4.69, 9.17) is 8.83 Å². The average molecular weight is 708 g/mol. The van der Waals surface area contributed by atoms with Gasteiger partial charge in [-0.05, 0) is 93.5 Å². The molecule has 260 valence electrons. The van der Waals surface area contributed by atoms with Crippen molar-refractivity contribution in [3.63, 3.8) is 0 Å². The zero-order chi connectivity index (χ0) is 36.3. The van der Waals surface area contributed by atoms with Crippen LogP contribution >= 0.6 is 0 Å². The lowest BCUT2D eigenvalue weighted by atomic mass is 9.67. The molecule has 55 heavy (non-hydrogen) atoms. The maximum atomic E-state index is 5.44. The lowest BCUT2D eigenvalue weighted by Crippen LogP contribution is -2.28. The second-order valence-corrected chi connectivity index (χ2v) is 14.1. The zero-order valence-electron chi connectivity index (χ0n) is 29.7. The van der Waals surface area contributed by atoms with Crippen molar-refractivity contribution in [3.05, 3.63) is 223 Å². The van der Waals surface area contributed by atoms with E-state index >= 15 is 0 Å². The van der Waals surface area contributed by atoms with Crippen LogP contribution < -0.4 is 4.90 Å². The number of para-hydroxylation sites is 1. The highest BCUT2D eigenvalue weighted by molar-refractivity contribution is 6.10. The van der Waals surface area contributed by atoms with Gasteiger partial charge in [-0.1, -0.05) is 121 Å². The summed E-state index contributed by atoms with van der Waals surface area (Å²) < 4.78 is 13.0. The van der Waals surface area contributed by atoms with Crippen molar-refractivity contribution >= 4 is 38.9 Å². The molecular weight excluding hydrogens is 675 g/mol. The summed E-state index contributed by atoms with van der Waals surface area (Å²) in [5.41, 5.74) is 14.5. The summed E-state index contributed by atoms with van der Waals surface area (Å²) >= 11 is 0. The standard InChI is InChI=1S/C50H33N3O2/c1-3-11-36(12-4-1)50(37-13-5-2-6-14-37)45-17-9-7-15-41(45)42-25-23-40(30-46(42)50)52(38-21-19-34(20-22-38)35-27-28-54-31-35)39-24-26-48-44(29-39)43-16-8-10-18-47(43)53(48)49-32-55-33-51-49/h1-33H. The molecule has 0 bridgehead atoms. The third kappa shape index (κ3) is 4.70. The molecular formula is C50H33N3O2. The van der Waals surface area contributed by atoms with E-state index in [0.717, 1.165) is 55.8 Å². The summed E-state index contributed by atoms with van der Waals surface area (Å²) in [6.07, 6.45) is 6.68. The van der Waals surface area contributed by atoms with Crippen LogP contribution in [0.1, 0.15) is 22.3 Å². The molecule has 0 radical (unpaired) electrons. The van der Waals surface area contributed by atoms with Crippen LogP contribution in [0.5, 0.6) is 0 Å². The number of hydrogen-bond acceptors (Lipinski definition) is 4. The maximum Gasteiger partial charge on any atom is 0.182 e. The van der Waals surface area contributed by atoms with Crippen LogP contribution in [-0.4, -0.2) is 9.55 Å². The number of fused-ring (bicyclic) bond motifs is 6. The molecule has 0 saturated carbocycles. The van der Waals surface area contributed by atoms with Crippen molar-refractivity contribution in [1.82, 2.24) is 9.55 Å². The van der Waals surface area contributed by atoms with Gasteiger partial charge in [-0.2, -0.15) is 4.98 Å². The van der Waals surface area contributed by atoms with Crippen molar-refractivity contribution in [1.29, 1.82) is 0 Å². The van der Waals surface area contributed by atoms with Crippen LogP contribution in [0.3, 0.4) is 0 Å².